The monoisotopic (exact) mass is 482 g/mol. The van der Waals surface area contributed by atoms with Gasteiger partial charge in [-0.2, -0.15) is 13.2 Å². The number of halogens is 3. The smallest absolute Gasteiger partial charge is 0.475 e. The lowest BCUT2D eigenvalue weighted by Crippen LogP contribution is -2.44. The first-order valence-electron chi connectivity index (χ1n) is 11.6. The predicted octanol–water partition coefficient (Wildman–Crippen LogP) is 4.73. The third kappa shape index (κ3) is 7.32. The van der Waals surface area contributed by atoms with Gasteiger partial charge in [-0.1, -0.05) is 37.3 Å². The van der Waals surface area contributed by atoms with Crippen LogP contribution in [0, 0.1) is 0 Å². The highest BCUT2D eigenvalue weighted by molar-refractivity contribution is 5.73. The van der Waals surface area contributed by atoms with Crippen molar-refractivity contribution in [1.82, 2.24) is 9.80 Å². The highest BCUT2D eigenvalue weighted by Crippen LogP contribution is 2.38. The van der Waals surface area contributed by atoms with Gasteiger partial charge in [0, 0.05) is 32.1 Å². The fraction of sp³-hybridized carbons (Fsp3) is 0.560. The van der Waals surface area contributed by atoms with E-state index in [0.29, 0.717) is 6.04 Å². The minimum absolute atomic E-state index is 0.0872. The van der Waals surface area contributed by atoms with Gasteiger partial charge in [-0.3, -0.25) is 9.80 Å². The second-order valence-electron chi connectivity index (χ2n) is 9.05. The summed E-state index contributed by atoms with van der Waals surface area (Å²) in [4.78, 5) is 13.9. The van der Waals surface area contributed by atoms with Gasteiger partial charge in [0.2, 0.25) is 0 Å². The number of nitrogens with zero attached hydrogens (tertiary/aromatic N) is 2. The highest BCUT2D eigenvalue weighted by atomic mass is 19.4. The fourth-order valence-electron chi connectivity index (χ4n) is 4.49. The molecule has 4 rings (SSSR count). The maximum absolute atomic E-state index is 10.6. The standard InChI is InChI=1S/C23H32N2O2.C2HF3O2/c1-3-21-9-10-22(27-21)17-25-13-11-23(12-14-25)15-20(18-26-23)24(2)16-19-7-5-4-6-8-19;3-2(4,5)1(6)7/h4-10,20H,3,11-18H2,1-2H3;(H,6,7). The number of carboxylic acids is 1. The van der Waals surface area contributed by atoms with Crippen molar-refractivity contribution in [3.05, 3.63) is 59.5 Å². The molecule has 2 aromatic rings. The van der Waals surface area contributed by atoms with Gasteiger partial charge in [-0.05, 0) is 44.0 Å². The average molecular weight is 483 g/mol. The topological polar surface area (TPSA) is 66.2 Å². The van der Waals surface area contributed by atoms with E-state index in [1.165, 1.54) is 5.56 Å². The second kappa shape index (κ2) is 11.4. The molecule has 0 aliphatic carbocycles. The number of piperidine rings is 1. The van der Waals surface area contributed by atoms with E-state index in [0.717, 1.165) is 70.0 Å². The molecule has 0 radical (unpaired) electrons. The number of hydrogen-bond acceptors (Lipinski definition) is 5. The Hall–Kier alpha value is -2.36. The summed E-state index contributed by atoms with van der Waals surface area (Å²) < 4.78 is 44.0. The molecule has 2 saturated heterocycles. The zero-order valence-corrected chi connectivity index (χ0v) is 19.7. The molecule has 6 nitrogen and oxygen atoms in total. The van der Waals surface area contributed by atoms with E-state index < -0.39 is 12.1 Å². The molecule has 1 atom stereocenters. The maximum atomic E-state index is 10.6. The van der Waals surface area contributed by atoms with Crippen molar-refractivity contribution in [2.75, 3.05) is 26.7 Å². The van der Waals surface area contributed by atoms with E-state index in [-0.39, 0.29) is 5.60 Å². The van der Waals surface area contributed by atoms with Crippen molar-refractivity contribution in [2.24, 2.45) is 0 Å². The van der Waals surface area contributed by atoms with Gasteiger partial charge < -0.3 is 14.3 Å². The van der Waals surface area contributed by atoms with E-state index in [1.807, 2.05) is 0 Å². The summed E-state index contributed by atoms with van der Waals surface area (Å²) in [7, 11) is 2.23. The third-order valence-corrected chi connectivity index (χ3v) is 6.54. The molecule has 188 valence electrons. The first kappa shape index (κ1) is 26.2. The molecule has 1 unspecified atom stereocenters. The zero-order valence-electron chi connectivity index (χ0n) is 19.7. The summed E-state index contributed by atoms with van der Waals surface area (Å²) in [5.74, 6) is -0.579. The lowest BCUT2D eigenvalue weighted by molar-refractivity contribution is -0.192. The van der Waals surface area contributed by atoms with Crippen molar-refractivity contribution >= 4 is 5.97 Å². The molecule has 3 heterocycles. The molecule has 2 aliphatic heterocycles. The van der Waals surface area contributed by atoms with Crippen LogP contribution in [0.1, 0.15) is 43.3 Å². The van der Waals surface area contributed by atoms with Crippen molar-refractivity contribution in [3.63, 3.8) is 0 Å². The van der Waals surface area contributed by atoms with E-state index >= 15 is 0 Å². The van der Waals surface area contributed by atoms with Gasteiger partial charge in [0.15, 0.2) is 0 Å². The Balaban J connectivity index is 0.000000406. The van der Waals surface area contributed by atoms with E-state index in [1.54, 1.807) is 0 Å². The lowest BCUT2D eigenvalue weighted by Gasteiger charge is -2.38. The summed E-state index contributed by atoms with van der Waals surface area (Å²) in [6.07, 6.45) is -0.701. The Kier molecular flexibility index (Phi) is 8.78. The van der Waals surface area contributed by atoms with Crippen LogP contribution in [0.25, 0.3) is 0 Å². The van der Waals surface area contributed by atoms with E-state index in [9.17, 15) is 13.2 Å². The Bertz CT molecular complexity index is 908. The number of likely N-dealkylation sites (N-methyl/N-ethyl adjacent to an activating group) is 1. The lowest BCUT2D eigenvalue weighted by atomic mass is 9.87. The van der Waals surface area contributed by atoms with Crippen molar-refractivity contribution in [2.45, 2.75) is 63.5 Å². The number of carbonyl (C=O) groups is 1. The number of benzene rings is 1. The first-order chi connectivity index (χ1) is 16.1. The van der Waals surface area contributed by atoms with Crippen LogP contribution in [-0.4, -0.2) is 65.4 Å². The van der Waals surface area contributed by atoms with Gasteiger partial charge >= 0.3 is 12.1 Å². The SMILES string of the molecule is CCc1ccc(CN2CCC3(CC2)CC(N(C)Cc2ccccc2)CO3)o1.O=C(O)C(F)(F)F. The molecule has 0 bridgehead atoms. The molecule has 1 N–H and O–H groups in total. The number of aliphatic carboxylic acids is 1. The van der Waals surface area contributed by atoms with Gasteiger partial charge in [0.25, 0.3) is 0 Å². The van der Waals surface area contributed by atoms with Crippen molar-refractivity contribution < 1.29 is 32.2 Å². The van der Waals surface area contributed by atoms with Crippen LogP contribution < -0.4 is 0 Å². The third-order valence-electron chi connectivity index (χ3n) is 6.54. The predicted molar refractivity (Wildman–Crippen MR) is 121 cm³/mol. The highest BCUT2D eigenvalue weighted by Gasteiger charge is 2.43. The van der Waals surface area contributed by atoms with E-state index in [4.69, 9.17) is 19.1 Å². The average Bonchev–Trinajstić information content (AvgIpc) is 3.43. The number of aryl methyl sites for hydroxylation is 1. The number of hydrogen-bond donors (Lipinski definition) is 1. The Morgan fingerprint density at radius 2 is 1.76 bits per heavy atom. The molecule has 0 amide bonds. The van der Waals surface area contributed by atoms with Crippen LogP contribution in [0.5, 0.6) is 0 Å². The first-order valence-corrected chi connectivity index (χ1v) is 11.6. The van der Waals surface area contributed by atoms with Crippen molar-refractivity contribution in [3.8, 4) is 0 Å². The summed E-state index contributed by atoms with van der Waals surface area (Å²) in [5.41, 5.74) is 1.46. The Morgan fingerprint density at radius 3 is 2.32 bits per heavy atom. The quantitative estimate of drug-likeness (QED) is 0.642. The summed E-state index contributed by atoms with van der Waals surface area (Å²) in [6, 6.07) is 15.5. The second-order valence-corrected chi connectivity index (χ2v) is 9.05. The number of ether oxygens (including phenoxy) is 1. The van der Waals surface area contributed by atoms with E-state index in [2.05, 4.69) is 66.2 Å². The molecule has 2 fully saturated rings. The summed E-state index contributed by atoms with van der Waals surface area (Å²) >= 11 is 0. The van der Waals surface area contributed by atoms with Crippen LogP contribution >= 0.6 is 0 Å². The molecule has 2 aliphatic rings. The number of carboxylic acid groups (broad SMARTS) is 1. The van der Waals surface area contributed by atoms with Crippen LogP contribution in [0.3, 0.4) is 0 Å². The number of alkyl halides is 3. The van der Waals surface area contributed by atoms with Crippen LogP contribution in [0.15, 0.2) is 46.9 Å². The normalized spacial score (nSPS) is 20.4. The number of furan rings is 1. The number of rotatable bonds is 6. The summed E-state index contributed by atoms with van der Waals surface area (Å²) in [5, 5.41) is 7.12. The largest absolute Gasteiger partial charge is 0.490 e. The molecule has 1 spiro atoms. The van der Waals surface area contributed by atoms with Gasteiger partial charge in [-0.15, -0.1) is 0 Å². The Labute approximate surface area is 198 Å². The van der Waals surface area contributed by atoms with Gasteiger partial charge in [0.05, 0.1) is 18.8 Å². The Morgan fingerprint density at radius 1 is 1.15 bits per heavy atom. The molecule has 1 aromatic heterocycles. The molecule has 0 saturated carbocycles. The molecule has 1 aromatic carbocycles. The zero-order chi connectivity index (χ0) is 24.8. The van der Waals surface area contributed by atoms with Gasteiger partial charge in [-0.25, -0.2) is 4.79 Å². The molecule has 9 heteroatoms. The minimum Gasteiger partial charge on any atom is -0.475 e. The van der Waals surface area contributed by atoms with Crippen molar-refractivity contribution in [1.29, 1.82) is 0 Å². The fourth-order valence-corrected chi connectivity index (χ4v) is 4.49. The minimum atomic E-state index is -5.08. The van der Waals surface area contributed by atoms with Crippen LogP contribution in [0.2, 0.25) is 0 Å². The summed E-state index contributed by atoms with van der Waals surface area (Å²) in [6.45, 7) is 7.11. The molecular weight excluding hydrogens is 449 g/mol. The molecule has 34 heavy (non-hydrogen) atoms. The number of likely N-dealkylation sites (tertiary alicyclic amines) is 1. The maximum Gasteiger partial charge on any atom is 0.490 e. The molecular formula is C25H33F3N2O4. The van der Waals surface area contributed by atoms with Crippen LogP contribution in [0.4, 0.5) is 13.2 Å². The van der Waals surface area contributed by atoms with Crippen LogP contribution in [-0.2, 0) is 29.0 Å². The van der Waals surface area contributed by atoms with Gasteiger partial charge in [0.1, 0.15) is 11.5 Å².